The molecule has 0 saturated heterocycles. The van der Waals surface area contributed by atoms with Crippen LogP contribution in [0.4, 0.5) is 0 Å². The molecule has 3 N–H and O–H groups in total. The zero-order valence-electron chi connectivity index (χ0n) is 12.6. The van der Waals surface area contributed by atoms with Crippen LogP contribution >= 0.6 is 0 Å². The Labute approximate surface area is 121 Å². The number of carbonyl (C=O) groups excluding carboxylic acids is 1. The fraction of sp³-hybridized carbons (Fsp3) is 0.471. The molecule has 0 aliphatic rings. The molecule has 0 radical (unpaired) electrons. The van der Waals surface area contributed by atoms with Crippen molar-refractivity contribution in [2.45, 2.75) is 33.6 Å². The monoisotopic (exact) mass is 272 g/mol. The highest BCUT2D eigenvalue weighted by Crippen LogP contribution is 2.13. The first kappa shape index (κ1) is 16.3. The molecule has 1 amide bonds. The first-order valence-electron chi connectivity index (χ1n) is 7.13. The molecular formula is C17H24N2O. The Bertz CT molecular complexity index is 509. The van der Waals surface area contributed by atoms with E-state index in [-0.39, 0.29) is 5.91 Å². The third-order valence-corrected chi connectivity index (χ3v) is 3.15. The van der Waals surface area contributed by atoms with Crippen molar-refractivity contribution < 1.29 is 4.79 Å². The van der Waals surface area contributed by atoms with Gasteiger partial charge in [0.1, 0.15) is 0 Å². The highest BCUT2D eigenvalue weighted by molar-refractivity contribution is 5.96. The van der Waals surface area contributed by atoms with E-state index >= 15 is 0 Å². The molecule has 0 bridgehead atoms. The Morgan fingerprint density at radius 2 is 2.15 bits per heavy atom. The largest absolute Gasteiger partial charge is 0.352 e. The highest BCUT2D eigenvalue weighted by atomic mass is 16.1. The third-order valence-electron chi connectivity index (χ3n) is 3.15. The van der Waals surface area contributed by atoms with Gasteiger partial charge in [-0.25, -0.2) is 0 Å². The molecule has 1 rings (SSSR count). The molecule has 0 aromatic heterocycles. The van der Waals surface area contributed by atoms with E-state index in [4.69, 9.17) is 5.73 Å². The number of hydrogen-bond donors (Lipinski definition) is 2. The van der Waals surface area contributed by atoms with Crippen LogP contribution in [-0.2, 0) is 0 Å². The first-order valence-corrected chi connectivity index (χ1v) is 7.13. The van der Waals surface area contributed by atoms with E-state index in [9.17, 15) is 4.79 Å². The van der Waals surface area contributed by atoms with Crippen molar-refractivity contribution >= 4 is 5.91 Å². The summed E-state index contributed by atoms with van der Waals surface area (Å²) in [5.41, 5.74) is 7.85. The van der Waals surface area contributed by atoms with Crippen LogP contribution < -0.4 is 11.1 Å². The SMILES string of the molecule is Cc1c(C#CCN)cccc1C(=O)NCCCC(C)C. The third kappa shape index (κ3) is 5.07. The zero-order chi connectivity index (χ0) is 15.0. The molecule has 3 nitrogen and oxygen atoms in total. The van der Waals surface area contributed by atoms with Gasteiger partial charge in [0.05, 0.1) is 6.54 Å². The van der Waals surface area contributed by atoms with Crippen LogP contribution in [0.3, 0.4) is 0 Å². The van der Waals surface area contributed by atoms with Gasteiger partial charge in [0.2, 0.25) is 0 Å². The van der Waals surface area contributed by atoms with Gasteiger partial charge in [0.25, 0.3) is 5.91 Å². The molecule has 108 valence electrons. The number of benzene rings is 1. The normalized spacial score (nSPS) is 10.1. The van der Waals surface area contributed by atoms with E-state index in [1.807, 2.05) is 25.1 Å². The van der Waals surface area contributed by atoms with Gasteiger partial charge < -0.3 is 11.1 Å². The fourth-order valence-corrected chi connectivity index (χ4v) is 1.97. The Morgan fingerprint density at radius 3 is 2.80 bits per heavy atom. The number of amides is 1. The van der Waals surface area contributed by atoms with Crippen LogP contribution in [0.15, 0.2) is 18.2 Å². The van der Waals surface area contributed by atoms with Gasteiger partial charge in [0, 0.05) is 17.7 Å². The van der Waals surface area contributed by atoms with Gasteiger partial charge in [-0.3, -0.25) is 4.79 Å². The molecule has 0 fully saturated rings. The number of nitrogens with two attached hydrogens (primary N) is 1. The van der Waals surface area contributed by atoms with Gasteiger partial charge in [-0.1, -0.05) is 31.8 Å². The van der Waals surface area contributed by atoms with E-state index in [0.717, 1.165) is 30.5 Å². The van der Waals surface area contributed by atoms with Crippen molar-refractivity contribution in [3.05, 3.63) is 34.9 Å². The van der Waals surface area contributed by atoms with Crippen molar-refractivity contribution in [1.29, 1.82) is 0 Å². The lowest BCUT2D eigenvalue weighted by Gasteiger charge is -2.09. The average Bonchev–Trinajstić information content (AvgIpc) is 2.42. The summed E-state index contributed by atoms with van der Waals surface area (Å²) < 4.78 is 0. The first-order chi connectivity index (χ1) is 9.56. The molecule has 0 saturated carbocycles. The van der Waals surface area contributed by atoms with Crippen LogP contribution in [-0.4, -0.2) is 19.0 Å². The maximum absolute atomic E-state index is 12.2. The van der Waals surface area contributed by atoms with E-state index < -0.39 is 0 Å². The molecular weight excluding hydrogens is 248 g/mol. The molecule has 0 unspecified atom stereocenters. The second-order valence-electron chi connectivity index (χ2n) is 5.28. The van der Waals surface area contributed by atoms with Gasteiger partial charge in [-0.15, -0.1) is 0 Å². The van der Waals surface area contributed by atoms with Gasteiger partial charge in [-0.05, 0) is 43.4 Å². The molecule has 0 aliphatic carbocycles. The second-order valence-corrected chi connectivity index (χ2v) is 5.28. The maximum atomic E-state index is 12.2. The summed E-state index contributed by atoms with van der Waals surface area (Å²) >= 11 is 0. The van der Waals surface area contributed by atoms with Crippen molar-refractivity contribution in [3.8, 4) is 11.8 Å². The number of carbonyl (C=O) groups is 1. The number of nitrogens with one attached hydrogen (secondary N) is 1. The number of hydrogen-bond acceptors (Lipinski definition) is 2. The molecule has 20 heavy (non-hydrogen) atoms. The predicted octanol–water partition coefficient (Wildman–Crippen LogP) is 2.47. The van der Waals surface area contributed by atoms with E-state index in [2.05, 4.69) is 31.0 Å². The lowest BCUT2D eigenvalue weighted by Crippen LogP contribution is -2.25. The summed E-state index contributed by atoms with van der Waals surface area (Å²) in [6.07, 6.45) is 2.14. The highest BCUT2D eigenvalue weighted by Gasteiger charge is 2.10. The van der Waals surface area contributed by atoms with Crippen molar-refractivity contribution in [2.75, 3.05) is 13.1 Å². The quantitative estimate of drug-likeness (QED) is 0.639. The van der Waals surface area contributed by atoms with E-state index in [0.29, 0.717) is 18.0 Å². The summed E-state index contributed by atoms with van der Waals surface area (Å²) in [6, 6.07) is 5.60. The minimum absolute atomic E-state index is 0.0253. The Kier molecular flexibility index (Phi) is 6.83. The lowest BCUT2D eigenvalue weighted by molar-refractivity contribution is 0.0952. The van der Waals surface area contributed by atoms with Gasteiger partial charge in [0.15, 0.2) is 0 Å². The fourth-order valence-electron chi connectivity index (χ4n) is 1.97. The van der Waals surface area contributed by atoms with E-state index in [1.54, 1.807) is 0 Å². The van der Waals surface area contributed by atoms with Crippen LogP contribution in [0.2, 0.25) is 0 Å². The standard InChI is InChI=1S/C17H24N2O/c1-13(2)7-6-12-19-17(20)16-10-4-8-15(14(16)3)9-5-11-18/h4,8,10,13H,6-7,11-12,18H2,1-3H3,(H,19,20). The summed E-state index contributed by atoms with van der Waals surface area (Å²) in [4.78, 5) is 12.2. The topological polar surface area (TPSA) is 55.1 Å². The smallest absolute Gasteiger partial charge is 0.251 e. The Morgan fingerprint density at radius 1 is 1.40 bits per heavy atom. The molecule has 1 aromatic rings. The summed E-state index contributed by atoms with van der Waals surface area (Å²) in [5, 5.41) is 2.97. The van der Waals surface area contributed by atoms with Crippen LogP contribution in [0, 0.1) is 24.7 Å². The minimum atomic E-state index is -0.0253. The summed E-state index contributed by atoms with van der Waals surface area (Å²) in [6.45, 7) is 7.33. The van der Waals surface area contributed by atoms with Crippen LogP contribution in [0.5, 0.6) is 0 Å². The molecule has 0 aliphatic heterocycles. The Hall–Kier alpha value is -1.79. The zero-order valence-corrected chi connectivity index (χ0v) is 12.6. The number of rotatable bonds is 5. The molecule has 3 heteroatoms. The van der Waals surface area contributed by atoms with Gasteiger partial charge >= 0.3 is 0 Å². The molecule has 1 aromatic carbocycles. The lowest BCUT2D eigenvalue weighted by atomic mass is 10.0. The Balaban J connectivity index is 2.68. The maximum Gasteiger partial charge on any atom is 0.251 e. The summed E-state index contributed by atoms with van der Waals surface area (Å²) in [7, 11) is 0. The van der Waals surface area contributed by atoms with Gasteiger partial charge in [-0.2, -0.15) is 0 Å². The second kappa shape index (κ2) is 8.39. The predicted molar refractivity (Wildman–Crippen MR) is 83.5 cm³/mol. The minimum Gasteiger partial charge on any atom is -0.352 e. The summed E-state index contributed by atoms with van der Waals surface area (Å²) in [5.74, 6) is 6.46. The van der Waals surface area contributed by atoms with Crippen LogP contribution in [0.25, 0.3) is 0 Å². The van der Waals surface area contributed by atoms with Crippen molar-refractivity contribution in [1.82, 2.24) is 5.32 Å². The van der Waals surface area contributed by atoms with Crippen LogP contribution in [0.1, 0.15) is 48.2 Å². The molecule has 0 atom stereocenters. The molecule has 0 spiro atoms. The average molecular weight is 272 g/mol. The van der Waals surface area contributed by atoms with E-state index in [1.165, 1.54) is 0 Å². The van der Waals surface area contributed by atoms with Crippen molar-refractivity contribution in [3.63, 3.8) is 0 Å². The van der Waals surface area contributed by atoms with Crippen molar-refractivity contribution in [2.24, 2.45) is 11.7 Å². The molecule has 0 heterocycles.